The van der Waals surface area contributed by atoms with Gasteiger partial charge in [-0.05, 0) is 13.3 Å². The van der Waals surface area contributed by atoms with Crippen LogP contribution in [0.1, 0.15) is 20.3 Å². The van der Waals surface area contributed by atoms with E-state index in [4.69, 9.17) is 18.0 Å². The first-order valence-electron chi connectivity index (χ1n) is 5.56. The van der Waals surface area contributed by atoms with Crippen LogP contribution in [0.2, 0.25) is 0 Å². The van der Waals surface area contributed by atoms with Crippen molar-refractivity contribution < 1.29 is 13.2 Å². The minimum atomic E-state index is -3.31. The summed E-state index contributed by atoms with van der Waals surface area (Å²) in [6.45, 7) is 3.48. The topological polar surface area (TPSA) is 92.5 Å². The van der Waals surface area contributed by atoms with Crippen molar-refractivity contribution in [3.05, 3.63) is 0 Å². The van der Waals surface area contributed by atoms with Gasteiger partial charge in [-0.25, -0.2) is 12.7 Å². The lowest BCUT2D eigenvalue weighted by atomic mass is 9.86. The number of nitrogens with two attached hydrogens (primary N) is 1. The van der Waals surface area contributed by atoms with Gasteiger partial charge in [-0.1, -0.05) is 19.1 Å². The van der Waals surface area contributed by atoms with Crippen LogP contribution in [-0.4, -0.2) is 50.0 Å². The van der Waals surface area contributed by atoms with Gasteiger partial charge in [0.1, 0.15) is 0 Å². The van der Waals surface area contributed by atoms with Crippen molar-refractivity contribution in [2.75, 3.05) is 26.4 Å². The van der Waals surface area contributed by atoms with Crippen LogP contribution in [0.4, 0.5) is 0 Å². The number of carbonyl (C=O) groups excluding carboxylic acids is 1. The van der Waals surface area contributed by atoms with Crippen molar-refractivity contribution >= 4 is 33.1 Å². The molecule has 0 spiro atoms. The van der Waals surface area contributed by atoms with Crippen LogP contribution in [0.25, 0.3) is 0 Å². The Balaban J connectivity index is 4.50. The van der Waals surface area contributed by atoms with Gasteiger partial charge in [0.05, 0.1) is 16.2 Å². The number of nitrogens with zero attached hydrogens (tertiary/aromatic N) is 1. The second-order valence-corrected chi connectivity index (χ2v) is 7.15. The maximum Gasteiger partial charge on any atom is 0.232 e. The average molecular weight is 295 g/mol. The van der Waals surface area contributed by atoms with E-state index in [9.17, 15) is 13.2 Å². The molecular formula is C10H21N3O3S2. The predicted molar refractivity (Wildman–Crippen MR) is 75.7 cm³/mol. The van der Waals surface area contributed by atoms with Gasteiger partial charge in [0.2, 0.25) is 15.9 Å². The van der Waals surface area contributed by atoms with E-state index < -0.39 is 15.4 Å². The highest BCUT2D eigenvalue weighted by atomic mass is 32.2. The molecule has 8 heteroatoms. The van der Waals surface area contributed by atoms with Gasteiger partial charge < -0.3 is 11.1 Å². The van der Waals surface area contributed by atoms with Crippen molar-refractivity contribution in [1.82, 2.24) is 9.62 Å². The van der Waals surface area contributed by atoms with Gasteiger partial charge in [0.15, 0.2) is 0 Å². The Kier molecular flexibility index (Phi) is 6.18. The molecule has 3 N–H and O–H groups in total. The lowest BCUT2D eigenvalue weighted by Crippen LogP contribution is -2.47. The Morgan fingerprint density at radius 2 is 1.94 bits per heavy atom. The van der Waals surface area contributed by atoms with Gasteiger partial charge in [-0.2, -0.15) is 0 Å². The quantitative estimate of drug-likeness (QED) is 0.629. The zero-order valence-corrected chi connectivity index (χ0v) is 12.8. The van der Waals surface area contributed by atoms with Gasteiger partial charge in [0.25, 0.3) is 0 Å². The fourth-order valence-corrected chi connectivity index (χ4v) is 2.08. The second-order valence-electron chi connectivity index (χ2n) is 4.40. The van der Waals surface area contributed by atoms with E-state index in [1.165, 1.54) is 14.1 Å². The number of hydrogen-bond acceptors (Lipinski definition) is 4. The minimum absolute atomic E-state index is 0.0392. The Labute approximate surface area is 114 Å². The molecule has 0 aliphatic carbocycles. The summed E-state index contributed by atoms with van der Waals surface area (Å²) in [4.78, 5) is 12.0. The SMILES string of the molecule is CCC(C)(C(=O)NCCS(=O)(=O)N(C)C)C(N)=S. The zero-order valence-electron chi connectivity index (χ0n) is 11.2. The lowest BCUT2D eigenvalue weighted by Gasteiger charge is -2.25. The molecule has 18 heavy (non-hydrogen) atoms. The van der Waals surface area contributed by atoms with E-state index in [1.54, 1.807) is 13.8 Å². The third kappa shape index (κ3) is 4.18. The molecule has 0 aromatic carbocycles. The number of thiocarbonyl (C=S) groups is 1. The van der Waals surface area contributed by atoms with E-state index >= 15 is 0 Å². The van der Waals surface area contributed by atoms with Crippen molar-refractivity contribution in [3.8, 4) is 0 Å². The number of rotatable bonds is 7. The molecule has 0 rings (SSSR count). The van der Waals surface area contributed by atoms with E-state index in [0.29, 0.717) is 6.42 Å². The molecule has 1 unspecified atom stereocenters. The Bertz CT molecular complexity index is 420. The molecule has 0 aliphatic rings. The number of hydrogen-bond donors (Lipinski definition) is 2. The lowest BCUT2D eigenvalue weighted by molar-refractivity contribution is -0.126. The van der Waals surface area contributed by atoms with Crippen LogP contribution >= 0.6 is 12.2 Å². The number of amides is 1. The van der Waals surface area contributed by atoms with Gasteiger partial charge in [0, 0.05) is 20.6 Å². The van der Waals surface area contributed by atoms with Crippen molar-refractivity contribution in [2.45, 2.75) is 20.3 Å². The van der Waals surface area contributed by atoms with Crippen molar-refractivity contribution in [2.24, 2.45) is 11.1 Å². The Morgan fingerprint density at radius 3 is 2.28 bits per heavy atom. The van der Waals surface area contributed by atoms with Gasteiger partial charge in [-0.15, -0.1) is 0 Å². The van der Waals surface area contributed by atoms with E-state index in [1.807, 2.05) is 0 Å². The molecule has 0 saturated carbocycles. The van der Waals surface area contributed by atoms with Crippen LogP contribution in [0, 0.1) is 5.41 Å². The molecule has 106 valence electrons. The standard InChI is InChI=1S/C10H21N3O3S2/c1-5-10(2,8(11)17)9(14)12-6-7-18(15,16)13(3)4/h5-7H2,1-4H3,(H2,11,17)(H,12,14). The summed E-state index contributed by atoms with van der Waals surface area (Å²) in [5, 5.41) is 2.55. The van der Waals surface area contributed by atoms with Crippen LogP contribution in [0.3, 0.4) is 0 Å². The monoisotopic (exact) mass is 295 g/mol. The molecule has 0 aliphatic heterocycles. The summed E-state index contributed by atoms with van der Waals surface area (Å²) < 4.78 is 24.1. The average Bonchev–Trinajstić information content (AvgIpc) is 2.26. The fraction of sp³-hybridized carbons (Fsp3) is 0.800. The summed E-state index contributed by atoms with van der Waals surface area (Å²) in [5.41, 5.74) is 4.60. The first kappa shape index (κ1) is 17.3. The van der Waals surface area contributed by atoms with Crippen LogP contribution < -0.4 is 11.1 Å². The summed E-state index contributed by atoms with van der Waals surface area (Å²) in [7, 11) is -0.418. The summed E-state index contributed by atoms with van der Waals surface area (Å²) >= 11 is 4.86. The maximum absolute atomic E-state index is 11.9. The van der Waals surface area contributed by atoms with Gasteiger partial charge >= 0.3 is 0 Å². The molecule has 0 fully saturated rings. The number of nitrogens with one attached hydrogen (secondary N) is 1. The highest BCUT2D eigenvalue weighted by Crippen LogP contribution is 2.21. The van der Waals surface area contributed by atoms with E-state index in [-0.39, 0.29) is 23.2 Å². The van der Waals surface area contributed by atoms with E-state index in [0.717, 1.165) is 4.31 Å². The molecule has 0 heterocycles. The molecule has 6 nitrogen and oxygen atoms in total. The first-order valence-corrected chi connectivity index (χ1v) is 7.58. The molecule has 0 radical (unpaired) electrons. The Hall–Kier alpha value is -0.730. The largest absolute Gasteiger partial charge is 0.392 e. The maximum atomic E-state index is 11.9. The molecule has 0 saturated heterocycles. The number of sulfonamides is 1. The predicted octanol–water partition coefficient (Wildman–Crippen LogP) is -0.304. The second kappa shape index (κ2) is 6.44. The van der Waals surface area contributed by atoms with Crippen molar-refractivity contribution in [3.63, 3.8) is 0 Å². The molecule has 0 aromatic rings. The van der Waals surface area contributed by atoms with Gasteiger partial charge in [-0.3, -0.25) is 4.79 Å². The molecular weight excluding hydrogens is 274 g/mol. The minimum Gasteiger partial charge on any atom is -0.392 e. The third-order valence-electron chi connectivity index (χ3n) is 2.95. The van der Waals surface area contributed by atoms with Crippen LogP contribution in [0.5, 0.6) is 0 Å². The normalized spacial score (nSPS) is 15.2. The summed E-state index contributed by atoms with van der Waals surface area (Å²) in [6.07, 6.45) is 0.467. The molecule has 0 aromatic heterocycles. The summed E-state index contributed by atoms with van der Waals surface area (Å²) in [5.74, 6) is -0.491. The van der Waals surface area contributed by atoms with Crippen molar-refractivity contribution in [1.29, 1.82) is 0 Å². The smallest absolute Gasteiger partial charge is 0.232 e. The van der Waals surface area contributed by atoms with Crippen LogP contribution in [0.15, 0.2) is 0 Å². The Morgan fingerprint density at radius 1 is 1.44 bits per heavy atom. The molecule has 1 amide bonds. The highest BCUT2D eigenvalue weighted by Gasteiger charge is 2.34. The highest BCUT2D eigenvalue weighted by molar-refractivity contribution is 7.89. The fourth-order valence-electron chi connectivity index (χ4n) is 1.12. The first-order chi connectivity index (χ1) is 8.08. The molecule has 1 atom stereocenters. The van der Waals surface area contributed by atoms with Crippen LogP contribution in [-0.2, 0) is 14.8 Å². The van der Waals surface area contributed by atoms with E-state index in [2.05, 4.69) is 5.32 Å². The molecule has 0 bridgehead atoms. The zero-order chi connectivity index (χ0) is 14.6. The number of carbonyl (C=O) groups is 1. The summed E-state index contributed by atoms with van der Waals surface area (Å²) in [6, 6.07) is 0. The third-order valence-corrected chi connectivity index (χ3v) is 5.24.